The summed E-state index contributed by atoms with van der Waals surface area (Å²) in [4.78, 5) is 25.4. The molecule has 0 saturated heterocycles. The minimum Gasteiger partial charge on any atom is -0.389 e. The van der Waals surface area contributed by atoms with Crippen molar-refractivity contribution in [3.05, 3.63) is 29.3 Å². The van der Waals surface area contributed by atoms with Crippen LogP contribution >= 0.6 is 0 Å². The number of amides is 2. The van der Waals surface area contributed by atoms with Crippen LogP contribution in [0.25, 0.3) is 0 Å². The fourth-order valence-electron chi connectivity index (χ4n) is 2.32. The highest BCUT2D eigenvalue weighted by Gasteiger charge is 2.24. The average Bonchev–Trinajstić information content (AvgIpc) is 2.72. The molecule has 2 rings (SSSR count). The predicted octanol–water partition coefficient (Wildman–Crippen LogP) is 1.41. The van der Waals surface area contributed by atoms with Gasteiger partial charge in [0.25, 0.3) is 5.91 Å². The summed E-state index contributed by atoms with van der Waals surface area (Å²) in [6.07, 6.45) is 0.366. The van der Waals surface area contributed by atoms with Crippen molar-refractivity contribution in [3.8, 4) is 0 Å². The molecule has 1 heterocycles. The lowest BCUT2D eigenvalue weighted by Gasteiger charge is -2.28. The molecule has 5 nitrogen and oxygen atoms in total. The molecule has 2 amide bonds. The molecule has 0 aromatic heterocycles. The standard InChI is InChI=1S/C15H20N2O3/c1-4-17(9-15(2,3)20)14(19)11-6-5-10-8-13(18)16-12(10)7-11/h5-7,20H,4,8-9H2,1-3H3,(H,16,18). The van der Waals surface area contributed by atoms with Gasteiger partial charge in [-0.25, -0.2) is 0 Å². The van der Waals surface area contributed by atoms with Gasteiger partial charge in [0.15, 0.2) is 0 Å². The van der Waals surface area contributed by atoms with Gasteiger partial charge in [0.2, 0.25) is 5.91 Å². The molecule has 1 aromatic rings. The van der Waals surface area contributed by atoms with E-state index >= 15 is 0 Å². The zero-order valence-corrected chi connectivity index (χ0v) is 12.1. The second-order valence-electron chi connectivity index (χ2n) is 5.73. The first-order valence-electron chi connectivity index (χ1n) is 6.74. The number of hydrogen-bond donors (Lipinski definition) is 2. The van der Waals surface area contributed by atoms with Gasteiger partial charge in [-0.3, -0.25) is 9.59 Å². The Kier molecular flexibility index (Phi) is 3.81. The van der Waals surface area contributed by atoms with Gasteiger partial charge < -0.3 is 15.3 Å². The van der Waals surface area contributed by atoms with E-state index in [9.17, 15) is 14.7 Å². The van der Waals surface area contributed by atoms with Crippen LogP contribution in [0.2, 0.25) is 0 Å². The van der Waals surface area contributed by atoms with Crippen molar-refractivity contribution in [3.63, 3.8) is 0 Å². The molecule has 0 fully saturated rings. The Morgan fingerprint density at radius 2 is 2.15 bits per heavy atom. The lowest BCUT2D eigenvalue weighted by molar-refractivity contribution is -0.115. The molecule has 5 heteroatoms. The van der Waals surface area contributed by atoms with E-state index in [4.69, 9.17) is 0 Å². The molecule has 1 aromatic carbocycles. The summed E-state index contributed by atoms with van der Waals surface area (Å²) in [7, 11) is 0. The van der Waals surface area contributed by atoms with Gasteiger partial charge in [-0.05, 0) is 38.5 Å². The van der Waals surface area contributed by atoms with Crippen LogP contribution in [0.1, 0.15) is 36.7 Å². The molecule has 0 bridgehead atoms. The maximum Gasteiger partial charge on any atom is 0.254 e. The van der Waals surface area contributed by atoms with Gasteiger partial charge in [0.1, 0.15) is 0 Å². The van der Waals surface area contributed by atoms with Gasteiger partial charge in [-0.1, -0.05) is 6.07 Å². The van der Waals surface area contributed by atoms with Crippen LogP contribution in [0.3, 0.4) is 0 Å². The molecule has 0 atom stereocenters. The number of anilines is 1. The van der Waals surface area contributed by atoms with Crippen LogP contribution in [-0.2, 0) is 11.2 Å². The third-order valence-electron chi connectivity index (χ3n) is 3.23. The number of benzene rings is 1. The van der Waals surface area contributed by atoms with Crippen molar-refractivity contribution in [2.24, 2.45) is 0 Å². The quantitative estimate of drug-likeness (QED) is 0.873. The Balaban J connectivity index is 2.21. The molecule has 108 valence electrons. The minimum absolute atomic E-state index is 0.0477. The first kappa shape index (κ1) is 14.5. The monoisotopic (exact) mass is 276 g/mol. The van der Waals surface area contributed by atoms with Crippen LogP contribution in [0.4, 0.5) is 5.69 Å². The van der Waals surface area contributed by atoms with Crippen molar-refractivity contribution >= 4 is 17.5 Å². The number of likely N-dealkylation sites (N-methyl/N-ethyl adjacent to an activating group) is 1. The minimum atomic E-state index is -0.934. The predicted molar refractivity (Wildman–Crippen MR) is 76.7 cm³/mol. The highest BCUT2D eigenvalue weighted by molar-refractivity contribution is 6.02. The molecular formula is C15H20N2O3. The maximum absolute atomic E-state index is 12.4. The Morgan fingerprint density at radius 1 is 1.45 bits per heavy atom. The number of carbonyl (C=O) groups excluding carboxylic acids is 2. The summed E-state index contributed by atoms with van der Waals surface area (Å²) in [6.45, 7) is 6.01. The molecule has 1 aliphatic heterocycles. The first-order valence-corrected chi connectivity index (χ1v) is 6.74. The highest BCUT2D eigenvalue weighted by Crippen LogP contribution is 2.24. The van der Waals surface area contributed by atoms with E-state index in [0.29, 0.717) is 24.2 Å². The molecule has 20 heavy (non-hydrogen) atoms. The molecule has 0 spiro atoms. The molecule has 2 N–H and O–H groups in total. The van der Waals surface area contributed by atoms with Crippen LogP contribution < -0.4 is 5.32 Å². The number of nitrogens with zero attached hydrogens (tertiary/aromatic N) is 1. The Labute approximate surface area is 118 Å². The summed E-state index contributed by atoms with van der Waals surface area (Å²) in [5, 5.41) is 12.6. The van der Waals surface area contributed by atoms with Crippen molar-refractivity contribution in [2.75, 3.05) is 18.4 Å². The van der Waals surface area contributed by atoms with E-state index in [0.717, 1.165) is 5.56 Å². The highest BCUT2D eigenvalue weighted by atomic mass is 16.3. The normalized spacial score (nSPS) is 13.9. The van der Waals surface area contributed by atoms with Crippen molar-refractivity contribution < 1.29 is 14.7 Å². The molecule has 0 saturated carbocycles. The number of nitrogens with one attached hydrogen (secondary N) is 1. The summed E-state index contributed by atoms with van der Waals surface area (Å²) >= 11 is 0. The summed E-state index contributed by atoms with van der Waals surface area (Å²) in [6, 6.07) is 5.24. The van der Waals surface area contributed by atoms with Gasteiger partial charge in [0.05, 0.1) is 12.0 Å². The third kappa shape index (κ3) is 3.17. The number of aliphatic hydroxyl groups is 1. The van der Waals surface area contributed by atoms with Crippen LogP contribution in [-0.4, -0.2) is 40.5 Å². The zero-order valence-electron chi connectivity index (χ0n) is 12.1. The second-order valence-corrected chi connectivity index (χ2v) is 5.73. The molecule has 0 unspecified atom stereocenters. The van der Waals surface area contributed by atoms with Crippen LogP contribution in [0, 0.1) is 0 Å². The van der Waals surface area contributed by atoms with E-state index in [1.807, 2.05) is 6.92 Å². The number of fused-ring (bicyclic) bond motifs is 1. The van der Waals surface area contributed by atoms with E-state index in [1.165, 1.54) is 0 Å². The SMILES string of the molecule is CCN(CC(C)(C)O)C(=O)c1ccc2c(c1)NC(=O)C2. The lowest BCUT2D eigenvalue weighted by Crippen LogP contribution is -2.42. The van der Waals surface area contributed by atoms with Crippen molar-refractivity contribution in [2.45, 2.75) is 32.8 Å². The summed E-state index contributed by atoms with van der Waals surface area (Å²) < 4.78 is 0. The molecule has 0 radical (unpaired) electrons. The van der Waals surface area contributed by atoms with Crippen LogP contribution in [0.15, 0.2) is 18.2 Å². The molecular weight excluding hydrogens is 256 g/mol. The topological polar surface area (TPSA) is 69.6 Å². The summed E-state index contributed by atoms with van der Waals surface area (Å²) in [5.41, 5.74) is 1.21. The smallest absolute Gasteiger partial charge is 0.254 e. The number of hydrogen-bond acceptors (Lipinski definition) is 3. The Hall–Kier alpha value is -1.88. The maximum atomic E-state index is 12.4. The van der Waals surface area contributed by atoms with Crippen LogP contribution in [0.5, 0.6) is 0 Å². The summed E-state index contributed by atoms with van der Waals surface area (Å²) in [5.74, 6) is -0.188. The average molecular weight is 276 g/mol. The van der Waals surface area contributed by atoms with Gasteiger partial charge in [0, 0.05) is 24.3 Å². The van der Waals surface area contributed by atoms with Crippen molar-refractivity contribution in [1.29, 1.82) is 0 Å². The van der Waals surface area contributed by atoms with E-state index in [-0.39, 0.29) is 18.4 Å². The fraction of sp³-hybridized carbons (Fsp3) is 0.467. The molecule has 1 aliphatic rings. The van der Waals surface area contributed by atoms with Crippen molar-refractivity contribution in [1.82, 2.24) is 4.90 Å². The van der Waals surface area contributed by atoms with E-state index in [1.54, 1.807) is 36.9 Å². The molecule has 0 aliphatic carbocycles. The lowest BCUT2D eigenvalue weighted by atomic mass is 10.1. The third-order valence-corrected chi connectivity index (χ3v) is 3.23. The fourth-order valence-corrected chi connectivity index (χ4v) is 2.32. The second kappa shape index (κ2) is 5.25. The Morgan fingerprint density at radius 3 is 2.75 bits per heavy atom. The first-order chi connectivity index (χ1) is 9.30. The van der Waals surface area contributed by atoms with Gasteiger partial charge in [-0.2, -0.15) is 0 Å². The zero-order chi connectivity index (χ0) is 14.9. The van der Waals surface area contributed by atoms with Gasteiger partial charge >= 0.3 is 0 Å². The van der Waals surface area contributed by atoms with E-state index < -0.39 is 5.60 Å². The van der Waals surface area contributed by atoms with E-state index in [2.05, 4.69) is 5.32 Å². The largest absolute Gasteiger partial charge is 0.389 e. The number of carbonyl (C=O) groups is 2. The Bertz CT molecular complexity index is 547. The van der Waals surface area contributed by atoms with Gasteiger partial charge in [-0.15, -0.1) is 0 Å². The number of rotatable bonds is 4.